The van der Waals surface area contributed by atoms with Gasteiger partial charge >= 0.3 is 5.97 Å². The van der Waals surface area contributed by atoms with E-state index in [4.69, 9.17) is 9.52 Å². The number of carbonyl (C=O) groups is 2. The summed E-state index contributed by atoms with van der Waals surface area (Å²) in [6.45, 7) is 1.87. The van der Waals surface area contributed by atoms with Crippen LogP contribution in [0.25, 0.3) is 0 Å². The molecule has 0 radical (unpaired) electrons. The van der Waals surface area contributed by atoms with Crippen LogP contribution in [0.1, 0.15) is 41.4 Å². The molecule has 0 saturated carbocycles. The van der Waals surface area contributed by atoms with Gasteiger partial charge in [-0.25, -0.2) is 8.78 Å². The summed E-state index contributed by atoms with van der Waals surface area (Å²) in [7, 11) is 0. The number of aryl methyl sites for hydroxylation is 1. The predicted molar refractivity (Wildman–Crippen MR) is 86.1 cm³/mol. The Bertz CT molecular complexity index is 757. The van der Waals surface area contributed by atoms with Crippen molar-refractivity contribution in [2.24, 2.45) is 0 Å². The average Bonchev–Trinajstić information content (AvgIpc) is 3.02. The highest BCUT2D eigenvalue weighted by Crippen LogP contribution is 2.18. The number of halogens is 2. The number of amides is 1. The zero-order valence-electron chi connectivity index (χ0n) is 13.8. The molecule has 2 rings (SSSR count). The molecule has 0 aliphatic rings. The topological polar surface area (TPSA) is 70.8 Å². The Morgan fingerprint density at radius 2 is 1.96 bits per heavy atom. The fourth-order valence-corrected chi connectivity index (χ4v) is 2.46. The number of furan rings is 1. The summed E-state index contributed by atoms with van der Waals surface area (Å²) in [5, 5.41) is 8.89. The maximum Gasteiger partial charge on any atom is 0.305 e. The van der Waals surface area contributed by atoms with E-state index < -0.39 is 23.5 Å². The molecule has 7 heteroatoms. The first-order valence-electron chi connectivity index (χ1n) is 7.93. The van der Waals surface area contributed by atoms with E-state index in [2.05, 4.69) is 0 Å². The summed E-state index contributed by atoms with van der Waals surface area (Å²) in [6, 6.07) is 4.87. The molecule has 0 bridgehead atoms. The van der Waals surface area contributed by atoms with Gasteiger partial charge in [-0.2, -0.15) is 0 Å². The number of carboxylic acids is 1. The van der Waals surface area contributed by atoms with Crippen LogP contribution < -0.4 is 0 Å². The van der Waals surface area contributed by atoms with Gasteiger partial charge in [0.15, 0.2) is 11.6 Å². The molecule has 0 spiro atoms. The fraction of sp³-hybridized carbons (Fsp3) is 0.333. The van der Waals surface area contributed by atoms with E-state index in [1.165, 1.54) is 23.3 Å². The molecule has 0 atom stereocenters. The van der Waals surface area contributed by atoms with Crippen LogP contribution in [0.4, 0.5) is 8.78 Å². The van der Waals surface area contributed by atoms with Crippen LogP contribution in [0.2, 0.25) is 0 Å². The third kappa shape index (κ3) is 4.89. The minimum atomic E-state index is -1.05. The maximum atomic E-state index is 13.4. The normalized spacial score (nSPS) is 10.7. The molecule has 1 aromatic heterocycles. The lowest BCUT2D eigenvalue weighted by atomic mass is 10.1. The van der Waals surface area contributed by atoms with Crippen molar-refractivity contribution in [1.29, 1.82) is 0 Å². The van der Waals surface area contributed by atoms with Gasteiger partial charge in [-0.1, -0.05) is 13.0 Å². The number of benzene rings is 1. The Hall–Kier alpha value is -2.70. The first kappa shape index (κ1) is 18.6. The van der Waals surface area contributed by atoms with Gasteiger partial charge in [0.2, 0.25) is 0 Å². The number of nitrogens with zero attached hydrogens (tertiary/aromatic N) is 1. The smallest absolute Gasteiger partial charge is 0.305 e. The summed E-state index contributed by atoms with van der Waals surface area (Å²) in [5.41, 5.74) is 0.730. The molecule has 134 valence electrons. The molecule has 1 N–H and O–H groups in total. The zero-order chi connectivity index (χ0) is 18.4. The van der Waals surface area contributed by atoms with Crippen LogP contribution >= 0.6 is 0 Å². The molecule has 5 nitrogen and oxygen atoms in total. The van der Waals surface area contributed by atoms with Gasteiger partial charge in [0.1, 0.15) is 5.76 Å². The van der Waals surface area contributed by atoms with Gasteiger partial charge in [-0.3, -0.25) is 9.59 Å². The van der Waals surface area contributed by atoms with Crippen LogP contribution in [-0.2, 0) is 17.8 Å². The number of aliphatic carboxylic acids is 1. The van der Waals surface area contributed by atoms with E-state index in [9.17, 15) is 18.4 Å². The highest BCUT2D eigenvalue weighted by molar-refractivity contribution is 5.95. The van der Waals surface area contributed by atoms with E-state index in [0.29, 0.717) is 23.3 Å². The minimum absolute atomic E-state index is 0.0277. The molecule has 1 heterocycles. The first-order valence-corrected chi connectivity index (χ1v) is 7.93. The van der Waals surface area contributed by atoms with Crippen molar-refractivity contribution >= 4 is 11.9 Å². The van der Waals surface area contributed by atoms with Crippen LogP contribution in [0.3, 0.4) is 0 Å². The van der Waals surface area contributed by atoms with Crippen molar-refractivity contribution in [1.82, 2.24) is 4.90 Å². The van der Waals surface area contributed by atoms with Crippen molar-refractivity contribution in [3.8, 4) is 0 Å². The largest absolute Gasteiger partial charge is 0.481 e. The monoisotopic (exact) mass is 351 g/mol. The Morgan fingerprint density at radius 1 is 1.20 bits per heavy atom. The van der Waals surface area contributed by atoms with Crippen molar-refractivity contribution < 1.29 is 27.9 Å². The van der Waals surface area contributed by atoms with E-state index in [1.807, 2.05) is 6.92 Å². The second kappa shape index (κ2) is 8.41. The van der Waals surface area contributed by atoms with Gasteiger partial charge in [0.05, 0.1) is 18.2 Å². The molecule has 1 aromatic carbocycles. The lowest BCUT2D eigenvalue weighted by Crippen LogP contribution is -2.33. The fourth-order valence-electron chi connectivity index (χ4n) is 2.46. The molecule has 0 fully saturated rings. The number of hydrogen-bond donors (Lipinski definition) is 1. The Balaban J connectivity index is 2.24. The summed E-state index contributed by atoms with van der Waals surface area (Å²) in [6.07, 6.45) is 2.51. The highest BCUT2D eigenvalue weighted by Gasteiger charge is 2.22. The van der Waals surface area contributed by atoms with Crippen molar-refractivity contribution in [3.05, 3.63) is 59.1 Å². The predicted octanol–water partition coefficient (Wildman–Crippen LogP) is 3.63. The molecule has 0 aliphatic heterocycles. The molecule has 0 unspecified atom stereocenters. The highest BCUT2D eigenvalue weighted by atomic mass is 19.2. The third-order valence-electron chi connectivity index (χ3n) is 3.69. The van der Waals surface area contributed by atoms with Gasteiger partial charge < -0.3 is 14.4 Å². The van der Waals surface area contributed by atoms with Crippen molar-refractivity contribution in [2.45, 2.75) is 32.7 Å². The van der Waals surface area contributed by atoms with E-state index in [0.717, 1.165) is 18.6 Å². The van der Waals surface area contributed by atoms with Gasteiger partial charge in [-0.15, -0.1) is 0 Å². The molecular formula is C18H19F2NO4. The number of rotatable bonds is 8. The van der Waals surface area contributed by atoms with Gasteiger partial charge in [0, 0.05) is 19.5 Å². The quantitative estimate of drug-likeness (QED) is 0.788. The second-order valence-electron chi connectivity index (χ2n) is 5.63. The number of carbonyl (C=O) groups excluding carboxylic acids is 1. The lowest BCUT2D eigenvalue weighted by molar-refractivity contribution is -0.137. The van der Waals surface area contributed by atoms with Crippen molar-refractivity contribution in [3.63, 3.8) is 0 Å². The summed E-state index contributed by atoms with van der Waals surface area (Å²) in [4.78, 5) is 24.9. The Kier molecular flexibility index (Phi) is 6.27. The van der Waals surface area contributed by atoms with Crippen LogP contribution in [-0.4, -0.2) is 28.4 Å². The number of hydrogen-bond acceptors (Lipinski definition) is 3. The second-order valence-corrected chi connectivity index (χ2v) is 5.63. The van der Waals surface area contributed by atoms with E-state index in [1.54, 1.807) is 0 Å². The Morgan fingerprint density at radius 3 is 2.60 bits per heavy atom. The third-order valence-corrected chi connectivity index (χ3v) is 3.69. The van der Waals surface area contributed by atoms with Gasteiger partial charge in [-0.05, 0) is 30.2 Å². The zero-order valence-corrected chi connectivity index (χ0v) is 13.8. The molecule has 1 amide bonds. The SMILES string of the molecule is CCCc1occc1C(=O)N(CCC(=O)O)Cc1ccc(F)c(F)c1. The summed E-state index contributed by atoms with van der Waals surface area (Å²) in [5.74, 6) is -2.92. The summed E-state index contributed by atoms with van der Waals surface area (Å²) >= 11 is 0. The molecule has 0 aliphatic carbocycles. The molecule has 2 aromatic rings. The van der Waals surface area contributed by atoms with Crippen LogP contribution in [0.5, 0.6) is 0 Å². The molecular weight excluding hydrogens is 332 g/mol. The molecule has 0 saturated heterocycles. The van der Waals surface area contributed by atoms with Crippen LogP contribution in [0.15, 0.2) is 34.9 Å². The number of carboxylic acid groups (broad SMARTS) is 1. The van der Waals surface area contributed by atoms with Crippen molar-refractivity contribution in [2.75, 3.05) is 6.54 Å². The van der Waals surface area contributed by atoms with Gasteiger partial charge in [0.25, 0.3) is 5.91 Å². The first-order chi connectivity index (χ1) is 11.9. The molecule has 25 heavy (non-hydrogen) atoms. The van der Waals surface area contributed by atoms with Crippen LogP contribution in [0, 0.1) is 11.6 Å². The minimum Gasteiger partial charge on any atom is -0.481 e. The standard InChI is InChI=1S/C18H19F2NO4/c1-2-3-16-13(7-9-25-16)18(24)21(8-6-17(22)23)11-12-4-5-14(19)15(20)10-12/h4-5,7,9-10H,2-3,6,8,11H2,1H3,(H,22,23). The van der Waals surface area contributed by atoms with E-state index in [-0.39, 0.29) is 19.5 Å². The maximum absolute atomic E-state index is 13.4. The Labute approximate surface area is 143 Å². The lowest BCUT2D eigenvalue weighted by Gasteiger charge is -2.22. The van der Waals surface area contributed by atoms with E-state index >= 15 is 0 Å². The summed E-state index contributed by atoms with van der Waals surface area (Å²) < 4.78 is 31.8. The average molecular weight is 351 g/mol.